The summed E-state index contributed by atoms with van der Waals surface area (Å²) in [5.41, 5.74) is 3.62. The molecular weight excluding hydrogens is 312 g/mol. The molecule has 5 nitrogen and oxygen atoms in total. The topological polar surface area (TPSA) is 63.3 Å². The fourth-order valence-corrected chi connectivity index (χ4v) is 2.99. The van der Waals surface area contributed by atoms with Crippen molar-refractivity contribution in [1.82, 2.24) is 14.8 Å². The molecule has 2 heterocycles. The molecule has 0 radical (unpaired) electrons. The highest BCUT2D eigenvalue weighted by Crippen LogP contribution is 2.28. The third kappa shape index (κ3) is 2.29. The maximum absolute atomic E-state index is 9.51. The molecule has 0 saturated heterocycles. The van der Waals surface area contributed by atoms with E-state index >= 15 is 0 Å². The van der Waals surface area contributed by atoms with Crippen molar-refractivity contribution in [3.63, 3.8) is 0 Å². The molecule has 0 spiro atoms. The van der Waals surface area contributed by atoms with E-state index < -0.39 is 0 Å². The molecule has 1 aliphatic heterocycles. The van der Waals surface area contributed by atoms with Crippen LogP contribution >= 0.6 is 11.6 Å². The summed E-state index contributed by atoms with van der Waals surface area (Å²) in [6.07, 6.45) is 0. The minimum atomic E-state index is 0.224. The number of nitrogens with zero attached hydrogens (tertiary/aromatic N) is 4. The minimum Gasteiger partial charge on any atom is -0.508 e. The van der Waals surface area contributed by atoms with Gasteiger partial charge in [-0.3, -0.25) is 9.56 Å². The van der Waals surface area contributed by atoms with Gasteiger partial charge in [0.25, 0.3) is 0 Å². The van der Waals surface area contributed by atoms with E-state index in [1.807, 2.05) is 41.8 Å². The van der Waals surface area contributed by atoms with Crippen LogP contribution in [0, 0.1) is 6.92 Å². The van der Waals surface area contributed by atoms with Crippen LogP contribution in [0.1, 0.15) is 22.8 Å². The summed E-state index contributed by atoms with van der Waals surface area (Å²) in [7, 11) is 0. The lowest BCUT2D eigenvalue weighted by Gasteiger charge is -2.13. The van der Waals surface area contributed by atoms with Gasteiger partial charge in [-0.25, -0.2) is 0 Å². The fourth-order valence-electron chi connectivity index (χ4n) is 2.82. The van der Waals surface area contributed by atoms with Gasteiger partial charge < -0.3 is 5.11 Å². The number of aliphatic imine (C=N–C) groups is 1. The van der Waals surface area contributed by atoms with Gasteiger partial charge in [-0.05, 0) is 49.4 Å². The second-order valence-electron chi connectivity index (χ2n) is 5.37. The predicted octanol–water partition coefficient (Wildman–Crippen LogP) is 3.29. The Hall–Kier alpha value is -2.66. The third-order valence-corrected chi connectivity index (χ3v) is 4.10. The smallest absolute Gasteiger partial charge is 0.159 e. The molecule has 0 unspecified atom stereocenters. The van der Waals surface area contributed by atoms with Gasteiger partial charge in [-0.15, -0.1) is 10.2 Å². The lowest BCUT2D eigenvalue weighted by atomic mass is 10.0. The van der Waals surface area contributed by atoms with Crippen molar-refractivity contribution < 1.29 is 5.11 Å². The molecule has 0 aliphatic carbocycles. The minimum absolute atomic E-state index is 0.224. The van der Waals surface area contributed by atoms with Crippen LogP contribution in [0.2, 0.25) is 5.02 Å². The van der Waals surface area contributed by atoms with E-state index in [2.05, 4.69) is 10.2 Å². The zero-order chi connectivity index (χ0) is 16.0. The van der Waals surface area contributed by atoms with Crippen LogP contribution in [0.3, 0.4) is 0 Å². The highest BCUT2D eigenvalue weighted by atomic mass is 35.5. The van der Waals surface area contributed by atoms with E-state index in [0.717, 1.165) is 34.2 Å². The number of benzene rings is 2. The van der Waals surface area contributed by atoms with Crippen molar-refractivity contribution in [3.05, 3.63) is 70.3 Å². The standard InChI is InChI=1S/C17H13ClN4O/c1-10-20-21-16-9-19-17(11-2-5-13(23)6-3-11)14-8-12(18)4-7-15(14)22(10)16/h2-8,23H,9H2,1H3. The van der Waals surface area contributed by atoms with E-state index in [1.54, 1.807) is 12.1 Å². The Bertz CT molecular complexity index is 928. The molecule has 3 aromatic rings. The molecule has 114 valence electrons. The summed E-state index contributed by atoms with van der Waals surface area (Å²) in [4.78, 5) is 4.71. The second kappa shape index (κ2) is 5.21. The van der Waals surface area contributed by atoms with E-state index in [4.69, 9.17) is 16.6 Å². The molecule has 0 fully saturated rings. The zero-order valence-corrected chi connectivity index (χ0v) is 13.1. The number of rotatable bonds is 1. The largest absolute Gasteiger partial charge is 0.508 e. The van der Waals surface area contributed by atoms with Gasteiger partial charge in [-0.1, -0.05) is 11.6 Å². The SMILES string of the molecule is Cc1nnc2n1-c1ccc(Cl)cc1C(c1ccc(O)cc1)=NC2. The number of hydrogen-bond donors (Lipinski definition) is 1. The first-order chi connectivity index (χ1) is 11.1. The number of halogens is 1. The first-order valence-corrected chi connectivity index (χ1v) is 7.56. The quantitative estimate of drug-likeness (QED) is 0.747. The van der Waals surface area contributed by atoms with Gasteiger partial charge in [0.2, 0.25) is 0 Å². The van der Waals surface area contributed by atoms with Crippen molar-refractivity contribution in [1.29, 1.82) is 0 Å². The Morgan fingerprint density at radius 3 is 2.65 bits per heavy atom. The maximum Gasteiger partial charge on any atom is 0.159 e. The van der Waals surface area contributed by atoms with Gasteiger partial charge in [0, 0.05) is 16.1 Å². The number of aromatic hydroxyl groups is 1. The first-order valence-electron chi connectivity index (χ1n) is 7.18. The van der Waals surface area contributed by atoms with Gasteiger partial charge in [0.15, 0.2) is 5.82 Å². The van der Waals surface area contributed by atoms with Crippen molar-refractivity contribution in [2.75, 3.05) is 0 Å². The van der Waals surface area contributed by atoms with Crippen molar-refractivity contribution in [3.8, 4) is 11.4 Å². The number of phenolic OH excluding ortho intramolecular Hbond substituents is 1. The lowest BCUT2D eigenvalue weighted by molar-refractivity contribution is 0.475. The molecule has 2 aromatic carbocycles. The average Bonchev–Trinajstić information content (AvgIpc) is 2.82. The summed E-state index contributed by atoms with van der Waals surface area (Å²) in [5, 5.41) is 18.5. The van der Waals surface area contributed by atoms with E-state index in [0.29, 0.717) is 11.6 Å². The highest BCUT2D eigenvalue weighted by Gasteiger charge is 2.21. The van der Waals surface area contributed by atoms with E-state index in [9.17, 15) is 5.11 Å². The maximum atomic E-state index is 9.51. The summed E-state index contributed by atoms with van der Waals surface area (Å²) in [6, 6.07) is 12.7. The monoisotopic (exact) mass is 324 g/mol. The third-order valence-electron chi connectivity index (χ3n) is 3.87. The summed E-state index contributed by atoms with van der Waals surface area (Å²) in [5.74, 6) is 1.83. The van der Waals surface area contributed by atoms with Crippen LogP contribution < -0.4 is 0 Å². The number of fused-ring (bicyclic) bond motifs is 3. The van der Waals surface area contributed by atoms with Crippen LogP contribution in [-0.2, 0) is 6.54 Å². The molecule has 1 N–H and O–H groups in total. The van der Waals surface area contributed by atoms with Crippen LogP contribution in [-0.4, -0.2) is 25.6 Å². The second-order valence-corrected chi connectivity index (χ2v) is 5.81. The van der Waals surface area contributed by atoms with Gasteiger partial charge in [0.05, 0.1) is 11.4 Å². The molecule has 4 rings (SSSR count). The predicted molar refractivity (Wildman–Crippen MR) is 88.6 cm³/mol. The normalized spacial score (nSPS) is 13.0. The van der Waals surface area contributed by atoms with Gasteiger partial charge in [-0.2, -0.15) is 0 Å². The zero-order valence-electron chi connectivity index (χ0n) is 12.4. The Morgan fingerprint density at radius 2 is 1.87 bits per heavy atom. The van der Waals surface area contributed by atoms with Crippen LogP contribution in [0.25, 0.3) is 5.69 Å². The first kappa shape index (κ1) is 14.0. The van der Waals surface area contributed by atoms with Crippen molar-refractivity contribution in [2.45, 2.75) is 13.5 Å². The number of aromatic nitrogens is 3. The van der Waals surface area contributed by atoms with Gasteiger partial charge in [0.1, 0.15) is 18.1 Å². The molecule has 0 atom stereocenters. The Morgan fingerprint density at radius 1 is 1.09 bits per heavy atom. The average molecular weight is 325 g/mol. The molecular formula is C17H13ClN4O. The van der Waals surface area contributed by atoms with Gasteiger partial charge >= 0.3 is 0 Å². The van der Waals surface area contributed by atoms with E-state index in [1.165, 1.54) is 0 Å². The molecule has 0 saturated carbocycles. The number of hydrogen-bond acceptors (Lipinski definition) is 4. The Balaban J connectivity index is 1.98. The summed E-state index contributed by atoms with van der Waals surface area (Å²) >= 11 is 6.21. The van der Waals surface area contributed by atoms with Crippen LogP contribution in [0.15, 0.2) is 47.5 Å². The molecule has 1 aromatic heterocycles. The highest BCUT2D eigenvalue weighted by molar-refractivity contribution is 6.31. The Kier molecular flexibility index (Phi) is 3.16. The van der Waals surface area contributed by atoms with Crippen molar-refractivity contribution in [2.24, 2.45) is 4.99 Å². The molecule has 6 heteroatoms. The van der Waals surface area contributed by atoms with Crippen LogP contribution in [0.4, 0.5) is 0 Å². The van der Waals surface area contributed by atoms with Crippen LogP contribution in [0.5, 0.6) is 5.75 Å². The Labute approximate surface area is 137 Å². The molecule has 0 amide bonds. The summed E-state index contributed by atoms with van der Waals surface area (Å²) in [6.45, 7) is 2.35. The van der Waals surface area contributed by atoms with E-state index in [-0.39, 0.29) is 5.75 Å². The van der Waals surface area contributed by atoms with Crippen molar-refractivity contribution >= 4 is 17.3 Å². The summed E-state index contributed by atoms with van der Waals surface area (Å²) < 4.78 is 2.00. The fraction of sp³-hybridized carbons (Fsp3) is 0.118. The molecule has 1 aliphatic rings. The number of phenols is 1. The lowest BCUT2D eigenvalue weighted by Crippen LogP contribution is -2.08. The number of aryl methyl sites for hydroxylation is 1. The molecule has 0 bridgehead atoms. The molecule has 23 heavy (non-hydrogen) atoms.